The van der Waals surface area contributed by atoms with Gasteiger partial charge < -0.3 is 9.88 Å². The molecule has 1 N–H and O–H groups in total. The van der Waals surface area contributed by atoms with Crippen LogP contribution in [0.2, 0.25) is 0 Å². The fourth-order valence-corrected chi connectivity index (χ4v) is 3.13. The summed E-state index contributed by atoms with van der Waals surface area (Å²) < 4.78 is 2.23. The first kappa shape index (κ1) is 15.1. The van der Waals surface area contributed by atoms with Crippen LogP contribution in [0, 0.1) is 0 Å². The lowest BCUT2D eigenvalue weighted by Gasteiger charge is -2.10. The molecule has 0 aliphatic heterocycles. The van der Waals surface area contributed by atoms with Gasteiger partial charge in [-0.05, 0) is 18.4 Å². The van der Waals surface area contributed by atoms with Crippen molar-refractivity contribution in [3.63, 3.8) is 0 Å². The SMILES string of the molecule is CC(=O)NCCSc1nnc(C2CC2)n1Cc1ccccc1. The molecule has 1 heterocycles. The Morgan fingerprint density at radius 1 is 1.32 bits per heavy atom. The third kappa shape index (κ3) is 3.88. The van der Waals surface area contributed by atoms with Crippen molar-refractivity contribution in [1.82, 2.24) is 20.1 Å². The number of aromatic nitrogens is 3. The molecule has 0 radical (unpaired) electrons. The van der Waals surface area contributed by atoms with Gasteiger partial charge in [-0.1, -0.05) is 42.1 Å². The highest BCUT2D eigenvalue weighted by Gasteiger charge is 2.30. The molecule has 1 fully saturated rings. The molecule has 1 amide bonds. The van der Waals surface area contributed by atoms with E-state index in [2.05, 4.69) is 44.3 Å². The van der Waals surface area contributed by atoms with Crippen molar-refractivity contribution in [2.45, 2.75) is 37.4 Å². The van der Waals surface area contributed by atoms with Crippen LogP contribution in [-0.4, -0.2) is 33.0 Å². The van der Waals surface area contributed by atoms with Crippen LogP contribution in [0.5, 0.6) is 0 Å². The molecule has 1 aliphatic carbocycles. The number of hydrogen-bond acceptors (Lipinski definition) is 4. The van der Waals surface area contributed by atoms with E-state index in [0.717, 1.165) is 23.3 Å². The number of amides is 1. The Balaban J connectivity index is 1.71. The molecule has 2 aromatic rings. The molecule has 0 saturated heterocycles. The Morgan fingerprint density at radius 3 is 2.77 bits per heavy atom. The van der Waals surface area contributed by atoms with Crippen molar-refractivity contribution in [3.8, 4) is 0 Å². The summed E-state index contributed by atoms with van der Waals surface area (Å²) in [5, 5.41) is 12.5. The van der Waals surface area contributed by atoms with Crippen molar-refractivity contribution in [2.24, 2.45) is 0 Å². The van der Waals surface area contributed by atoms with Crippen LogP contribution in [-0.2, 0) is 11.3 Å². The summed E-state index contributed by atoms with van der Waals surface area (Å²) in [5.74, 6) is 2.48. The van der Waals surface area contributed by atoms with Crippen LogP contribution < -0.4 is 5.32 Å². The lowest BCUT2D eigenvalue weighted by atomic mass is 10.2. The van der Waals surface area contributed by atoms with Gasteiger partial charge in [0.05, 0.1) is 6.54 Å². The van der Waals surface area contributed by atoms with E-state index in [1.54, 1.807) is 11.8 Å². The topological polar surface area (TPSA) is 59.8 Å². The van der Waals surface area contributed by atoms with Gasteiger partial charge in [0, 0.05) is 25.1 Å². The molecule has 0 atom stereocenters. The van der Waals surface area contributed by atoms with E-state index in [0.29, 0.717) is 12.5 Å². The van der Waals surface area contributed by atoms with Gasteiger partial charge in [-0.25, -0.2) is 0 Å². The van der Waals surface area contributed by atoms with Crippen LogP contribution in [0.25, 0.3) is 0 Å². The monoisotopic (exact) mass is 316 g/mol. The Hall–Kier alpha value is -1.82. The van der Waals surface area contributed by atoms with Crippen molar-refractivity contribution >= 4 is 17.7 Å². The number of hydrogen-bond donors (Lipinski definition) is 1. The van der Waals surface area contributed by atoms with Gasteiger partial charge in [-0.2, -0.15) is 0 Å². The standard InChI is InChI=1S/C16H20N4OS/c1-12(21)17-9-10-22-16-19-18-15(14-7-8-14)20(16)11-13-5-3-2-4-6-13/h2-6,14H,7-11H2,1H3,(H,17,21). The normalized spacial score (nSPS) is 14.0. The van der Waals surface area contributed by atoms with E-state index >= 15 is 0 Å². The van der Waals surface area contributed by atoms with Crippen LogP contribution in [0.15, 0.2) is 35.5 Å². The molecule has 1 aromatic heterocycles. The number of thioether (sulfide) groups is 1. The van der Waals surface area contributed by atoms with Gasteiger partial charge in [0.25, 0.3) is 0 Å². The van der Waals surface area contributed by atoms with E-state index < -0.39 is 0 Å². The first-order valence-corrected chi connectivity index (χ1v) is 8.57. The molecule has 0 spiro atoms. The summed E-state index contributed by atoms with van der Waals surface area (Å²) in [7, 11) is 0. The Kier molecular flexibility index (Phi) is 4.77. The first-order valence-electron chi connectivity index (χ1n) is 7.58. The molecule has 1 aliphatic rings. The van der Waals surface area contributed by atoms with Crippen LogP contribution in [0.3, 0.4) is 0 Å². The van der Waals surface area contributed by atoms with Crippen LogP contribution in [0.4, 0.5) is 0 Å². The molecular formula is C16H20N4OS. The van der Waals surface area contributed by atoms with Crippen molar-refractivity contribution in [3.05, 3.63) is 41.7 Å². The zero-order valence-electron chi connectivity index (χ0n) is 12.7. The minimum atomic E-state index is 0.00465. The maximum Gasteiger partial charge on any atom is 0.216 e. The van der Waals surface area contributed by atoms with Gasteiger partial charge >= 0.3 is 0 Å². The minimum Gasteiger partial charge on any atom is -0.356 e. The highest BCUT2D eigenvalue weighted by Crippen LogP contribution is 2.40. The molecule has 116 valence electrons. The van der Waals surface area contributed by atoms with Gasteiger partial charge in [0.2, 0.25) is 5.91 Å². The van der Waals surface area contributed by atoms with Crippen molar-refractivity contribution < 1.29 is 4.79 Å². The Labute approximate surface area is 134 Å². The number of carbonyl (C=O) groups excluding carboxylic acids is 1. The highest BCUT2D eigenvalue weighted by atomic mass is 32.2. The second kappa shape index (κ2) is 6.96. The molecule has 5 nitrogen and oxygen atoms in total. The van der Waals surface area contributed by atoms with E-state index in [-0.39, 0.29) is 5.91 Å². The number of nitrogens with one attached hydrogen (secondary N) is 1. The summed E-state index contributed by atoms with van der Waals surface area (Å²) in [6, 6.07) is 10.4. The van der Waals surface area contributed by atoms with E-state index in [1.165, 1.54) is 25.3 Å². The fraction of sp³-hybridized carbons (Fsp3) is 0.438. The number of carbonyl (C=O) groups is 1. The second-order valence-corrected chi connectivity index (χ2v) is 6.58. The van der Waals surface area contributed by atoms with Crippen LogP contribution in [0.1, 0.15) is 37.1 Å². The summed E-state index contributed by atoms with van der Waals surface area (Å²) in [6.07, 6.45) is 2.42. The zero-order chi connectivity index (χ0) is 15.4. The number of rotatable bonds is 7. The summed E-state index contributed by atoms with van der Waals surface area (Å²) >= 11 is 1.65. The molecule has 1 aromatic carbocycles. The van der Waals surface area contributed by atoms with Gasteiger partial charge in [-0.15, -0.1) is 10.2 Å². The third-order valence-corrected chi connectivity index (χ3v) is 4.55. The first-order chi connectivity index (χ1) is 10.7. The molecule has 0 unspecified atom stereocenters. The highest BCUT2D eigenvalue weighted by molar-refractivity contribution is 7.99. The summed E-state index contributed by atoms with van der Waals surface area (Å²) in [5.41, 5.74) is 1.26. The molecular weight excluding hydrogens is 296 g/mol. The number of nitrogens with zero attached hydrogens (tertiary/aromatic N) is 3. The maximum absolute atomic E-state index is 10.9. The summed E-state index contributed by atoms with van der Waals surface area (Å²) in [4.78, 5) is 10.9. The lowest BCUT2D eigenvalue weighted by Crippen LogP contribution is -2.22. The van der Waals surface area contributed by atoms with Crippen LogP contribution >= 0.6 is 11.8 Å². The van der Waals surface area contributed by atoms with E-state index in [4.69, 9.17) is 0 Å². The molecule has 22 heavy (non-hydrogen) atoms. The smallest absolute Gasteiger partial charge is 0.216 e. The fourth-order valence-electron chi connectivity index (χ4n) is 2.33. The van der Waals surface area contributed by atoms with Gasteiger partial charge in [-0.3, -0.25) is 4.79 Å². The maximum atomic E-state index is 10.9. The Morgan fingerprint density at radius 2 is 2.09 bits per heavy atom. The predicted octanol–water partition coefficient (Wildman–Crippen LogP) is 2.43. The number of benzene rings is 1. The van der Waals surface area contributed by atoms with E-state index in [9.17, 15) is 4.79 Å². The quantitative estimate of drug-likeness (QED) is 0.629. The molecule has 6 heteroatoms. The van der Waals surface area contributed by atoms with Gasteiger partial charge in [0.15, 0.2) is 5.16 Å². The zero-order valence-corrected chi connectivity index (χ0v) is 13.5. The van der Waals surface area contributed by atoms with E-state index in [1.807, 2.05) is 6.07 Å². The Bertz CT molecular complexity index is 637. The van der Waals surface area contributed by atoms with Crippen molar-refractivity contribution in [2.75, 3.05) is 12.3 Å². The second-order valence-electron chi connectivity index (χ2n) is 5.52. The minimum absolute atomic E-state index is 0.00465. The third-order valence-electron chi connectivity index (χ3n) is 3.58. The lowest BCUT2D eigenvalue weighted by molar-refractivity contribution is -0.118. The average Bonchev–Trinajstić information content (AvgIpc) is 3.28. The molecule has 1 saturated carbocycles. The predicted molar refractivity (Wildman–Crippen MR) is 86.9 cm³/mol. The summed E-state index contributed by atoms with van der Waals surface area (Å²) in [6.45, 7) is 2.99. The largest absolute Gasteiger partial charge is 0.356 e. The van der Waals surface area contributed by atoms with Gasteiger partial charge in [0.1, 0.15) is 5.82 Å². The molecule has 0 bridgehead atoms. The average molecular weight is 316 g/mol. The van der Waals surface area contributed by atoms with Crippen molar-refractivity contribution in [1.29, 1.82) is 0 Å². The molecule has 3 rings (SSSR count).